The number of amides is 1. The molecule has 0 unspecified atom stereocenters. The van der Waals surface area contributed by atoms with E-state index >= 15 is 0 Å². The van der Waals surface area contributed by atoms with Crippen LogP contribution in [0.2, 0.25) is 10.0 Å². The Morgan fingerprint density at radius 3 is 2.40 bits per heavy atom. The van der Waals surface area contributed by atoms with Crippen LogP contribution in [0.1, 0.15) is 22.8 Å². The SMILES string of the molecule is CCc1ccc(-c2nc3cc(NC(=O)c4cc(Cl)c(OC)c(Cl)c4)ccc3o2)cc1. The third-order valence-electron chi connectivity index (χ3n) is 4.72. The molecule has 0 bridgehead atoms. The number of carbonyl (C=O) groups excluding carboxylic acids is 1. The van der Waals surface area contributed by atoms with Crippen molar-refractivity contribution in [3.8, 4) is 17.2 Å². The molecular weight excluding hydrogens is 423 g/mol. The number of aryl methyl sites for hydroxylation is 1. The molecule has 0 atom stereocenters. The summed E-state index contributed by atoms with van der Waals surface area (Å²) in [6.45, 7) is 2.11. The number of rotatable bonds is 5. The lowest BCUT2D eigenvalue weighted by Gasteiger charge is -2.09. The van der Waals surface area contributed by atoms with Gasteiger partial charge in [0.25, 0.3) is 5.91 Å². The van der Waals surface area contributed by atoms with Gasteiger partial charge in [-0.2, -0.15) is 0 Å². The van der Waals surface area contributed by atoms with Crippen molar-refractivity contribution in [3.05, 3.63) is 75.8 Å². The van der Waals surface area contributed by atoms with Crippen molar-refractivity contribution < 1.29 is 13.9 Å². The molecule has 0 saturated heterocycles. The van der Waals surface area contributed by atoms with Gasteiger partial charge in [0.1, 0.15) is 5.52 Å². The first kappa shape index (κ1) is 20.3. The number of halogens is 2. The van der Waals surface area contributed by atoms with Crippen molar-refractivity contribution in [2.75, 3.05) is 12.4 Å². The maximum Gasteiger partial charge on any atom is 0.255 e. The molecule has 1 heterocycles. The molecular formula is C23H18Cl2N2O3. The summed E-state index contributed by atoms with van der Waals surface area (Å²) in [6, 6.07) is 16.4. The molecule has 0 spiro atoms. The Hall–Kier alpha value is -3.02. The second kappa shape index (κ2) is 8.38. The lowest BCUT2D eigenvalue weighted by molar-refractivity contribution is 0.102. The predicted molar refractivity (Wildman–Crippen MR) is 120 cm³/mol. The van der Waals surface area contributed by atoms with Crippen LogP contribution in [0.25, 0.3) is 22.6 Å². The van der Waals surface area contributed by atoms with E-state index < -0.39 is 0 Å². The van der Waals surface area contributed by atoms with Gasteiger partial charge in [-0.15, -0.1) is 0 Å². The summed E-state index contributed by atoms with van der Waals surface area (Å²) in [4.78, 5) is 17.2. The molecule has 4 aromatic rings. The molecule has 1 amide bonds. The maximum atomic E-state index is 12.6. The van der Waals surface area contributed by atoms with Crippen LogP contribution < -0.4 is 10.1 Å². The van der Waals surface area contributed by atoms with E-state index in [0.717, 1.165) is 12.0 Å². The summed E-state index contributed by atoms with van der Waals surface area (Å²) in [7, 11) is 1.46. The number of aromatic nitrogens is 1. The van der Waals surface area contributed by atoms with E-state index in [4.69, 9.17) is 32.4 Å². The van der Waals surface area contributed by atoms with Crippen LogP contribution in [0.5, 0.6) is 5.75 Å². The minimum absolute atomic E-state index is 0.265. The number of ether oxygens (including phenoxy) is 1. The second-order valence-electron chi connectivity index (χ2n) is 6.68. The van der Waals surface area contributed by atoms with Gasteiger partial charge in [0.2, 0.25) is 5.89 Å². The molecule has 7 heteroatoms. The van der Waals surface area contributed by atoms with Crippen molar-refractivity contribution in [2.45, 2.75) is 13.3 Å². The Morgan fingerprint density at radius 1 is 1.07 bits per heavy atom. The van der Waals surface area contributed by atoms with E-state index in [0.29, 0.717) is 34.0 Å². The lowest BCUT2D eigenvalue weighted by atomic mass is 10.1. The van der Waals surface area contributed by atoms with Crippen LogP contribution in [0.15, 0.2) is 59.0 Å². The van der Waals surface area contributed by atoms with Gasteiger partial charge in [-0.25, -0.2) is 4.98 Å². The van der Waals surface area contributed by atoms with Gasteiger partial charge in [0.05, 0.1) is 17.2 Å². The van der Waals surface area contributed by atoms with Crippen LogP contribution in [0, 0.1) is 0 Å². The van der Waals surface area contributed by atoms with Gasteiger partial charge in [-0.05, 0) is 54.4 Å². The summed E-state index contributed by atoms with van der Waals surface area (Å²) in [6.07, 6.45) is 0.974. The molecule has 4 rings (SSSR count). The zero-order chi connectivity index (χ0) is 21.3. The number of fused-ring (bicyclic) bond motifs is 1. The van der Waals surface area contributed by atoms with E-state index in [-0.39, 0.29) is 16.0 Å². The Kier molecular flexibility index (Phi) is 5.66. The topological polar surface area (TPSA) is 64.4 Å². The fourth-order valence-electron chi connectivity index (χ4n) is 3.10. The Balaban J connectivity index is 1.58. The second-order valence-corrected chi connectivity index (χ2v) is 7.49. The van der Waals surface area contributed by atoms with Crippen molar-refractivity contribution in [1.82, 2.24) is 4.98 Å². The summed E-state index contributed by atoms with van der Waals surface area (Å²) in [5.74, 6) is 0.517. The summed E-state index contributed by atoms with van der Waals surface area (Å²) >= 11 is 12.3. The molecule has 0 aliphatic heterocycles. The number of nitrogens with one attached hydrogen (secondary N) is 1. The standard InChI is InChI=1S/C23H18Cl2N2O3/c1-3-13-4-6-14(7-5-13)23-27-19-12-16(8-9-20(19)30-23)26-22(28)15-10-17(24)21(29-2)18(25)11-15/h4-12H,3H2,1-2H3,(H,26,28). The molecule has 0 saturated carbocycles. The minimum Gasteiger partial charge on any atom is -0.494 e. The zero-order valence-corrected chi connectivity index (χ0v) is 17.8. The van der Waals surface area contributed by atoms with Crippen molar-refractivity contribution in [3.63, 3.8) is 0 Å². The third kappa shape index (κ3) is 3.99. The van der Waals surface area contributed by atoms with Gasteiger partial charge in [-0.1, -0.05) is 42.3 Å². The van der Waals surface area contributed by atoms with E-state index in [1.807, 2.05) is 12.1 Å². The number of anilines is 1. The number of carbonyl (C=O) groups is 1. The molecule has 0 radical (unpaired) electrons. The monoisotopic (exact) mass is 440 g/mol. The highest BCUT2D eigenvalue weighted by Crippen LogP contribution is 2.34. The zero-order valence-electron chi connectivity index (χ0n) is 16.3. The Bertz CT molecular complexity index is 1210. The smallest absolute Gasteiger partial charge is 0.255 e. The van der Waals surface area contributed by atoms with Crippen molar-refractivity contribution in [2.24, 2.45) is 0 Å². The third-order valence-corrected chi connectivity index (χ3v) is 5.28. The summed E-state index contributed by atoms with van der Waals surface area (Å²) in [5, 5.41) is 3.36. The number of nitrogens with zero attached hydrogens (tertiary/aromatic N) is 1. The average Bonchev–Trinajstić information content (AvgIpc) is 3.17. The van der Waals surface area contributed by atoms with Crippen LogP contribution in [0.4, 0.5) is 5.69 Å². The largest absolute Gasteiger partial charge is 0.494 e. The quantitative estimate of drug-likeness (QED) is 0.378. The van der Waals surface area contributed by atoms with Gasteiger partial charge < -0.3 is 14.5 Å². The summed E-state index contributed by atoms with van der Waals surface area (Å²) < 4.78 is 11.0. The molecule has 30 heavy (non-hydrogen) atoms. The Morgan fingerprint density at radius 2 is 1.77 bits per heavy atom. The molecule has 1 N–H and O–H groups in total. The highest BCUT2D eigenvalue weighted by Gasteiger charge is 2.15. The number of methoxy groups -OCH3 is 1. The molecule has 152 valence electrons. The number of oxazole rings is 1. The molecule has 3 aromatic carbocycles. The van der Waals surface area contributed by atoms with Gasteiger partial charge >= 0.3 is 0 Å². The van der Waals surface area contributed by atoms with Crippen LogP contribution in [-0.4, -0.2) is 18.0 Å². The minimum atomic E-state index is -0.348. The van der Waals surface area contributed by atoms with E-state index in [1.165, 1.54) is 24.8 Å². The highest BCUT2D eigenvalue weighted by atomic mass is 35.5. The first-order valence-electron chi connectivity index (χ1n) is 9.32. The highest BCUT2D eigenvalue weighted by molar-refractivity contribution is 6.37. The van der Waals surface area contributed by atoms with Gasteiger partial charge in [-0.3, -0.25) is 4.79 Å². The van der Waals surface area contributed by atoms with Gasteiger partial charge in [0.15, 0.2) is 11.3 Å². The molecule has 0 fully saturated rings. The van der Waals surface area contributed by atoms with E-state index in [2.05, 4.69) is 29.4 Å². The fraction of sp³-hybridized carbons (Fsp3) is 0.130. The Labute approximate surface area is 183 Å². The normalized spacial score (nSPS) is 10.9. The first-order chi connectivity index (χ1) is 14.5. The van der Waals surface area contributed by atoms with Crippen LogP contribution in [0.3, 0.4) is 0 Å². The average molecular weight is 441 g/mol. The fourth-order valence-corrected chi connectivity index (χ4v) is 3.74. The maximum absolute atomic E-state index is 12.6. The van der Waals surface area contributed by atoms with Crippen LogP contribution >= 0.6 is 23.2 Å². The van der Waals surface area contributed by atoms with Crippen molar-refractivity contribution >= 4 is 45.9 Å². The summed E-state index contributed by atoms with van der Waals surface area (Å²) in [5.41, 5.74) is 4.33. The molecule has 5 nitrogen and oxygen atoms in total. The number of hydrogen-bond donors (Lipinski definition) is 1. The van der Waals surface area contributed by atoms with E-state index in [9.17, 15) is 4.79 Å². The number of benzene rings is 3. The van der Waals surface area contributed by atoms with Crippen LogP contribution in [-0.2, 0) is 6.42 Å². The lowest BCUT2D eigenvalue weighted by Crippen LogP contribution is -2.12. The first-order valence-corrected chi connectivity index (χ1v) is 10.1. The van der Waals surface area contributed by atoms with Gasteiger partial charge in [0, 0.05) is 16.8 Å². The molecule has 0 aliphatic rings. The van der Waals surface area contributed by atoms with E-state index in [1.54, 1.807) is 18.2 Å². The van der Waals surface area contributed by atoms with Crippen molar-refractivity contribution in [1.29, 1.82) is 0 Å². The predicted octanol–water partition coefficient (Wildman–Crippen LogP) is 6.62. The molecule has 0 aliphatic carbocycles. The molecule has 1 aromatic heterocycles. The number of hydrogen-bond acceptors (Lipinski definition) is 4.